The molecule has 2 atom stereocenters. The smallest absolute Gasteiger partial charge is 0.231 e. The average Bonchev–Trinajstić information content (AvgIpc) is 2.94. The van der Waals surface area contributed by atoms with E-state index in [4.69, 9.17) is 11.6 Å². The van der Waals surface area contributed by atoms with Crippen LogP contribution < -0.4 is 4.90 Å². The number of nitrogens with zero attached hydrogens (tertiary/aromatic N) is 3. The van der Waals surface area contributed by atoms with Crippen molar-refractivity contribution >= 4 is 34.4 Å². The molecule has 2 bridgehead atoms. The monoisotopic (exact) mass is 276 g/mol. The van der Waals surface area contributed by atoms with Crippen LogP contribution >= 0.6 is 11.6 Å². The minimum absolute atomic E-state index is 0.168. The lowest BCUT2D eigenvalue weighted by molar-refractivity contribution is -0.120. The molecule has 1 saturated heterocycles. The first-order valence-electron chi connectivity index (χ1n) is 6.58. The Labute approximate surface area is 115 Å². The van der Waals surface area contributed by atoms with Gasteiger partial charge in [0.25, 0.3) is 0 Å². The SMILES string of the molecule is O=C1C2CCCC(C2)N1c1nc(Cl)nc2[nH]ccc12. The Morgan fingerprint density at radius 1 is 1.37 bits per heavy atom. The van der Waals surface area contributed by atoms with Gasteiger partial charge in [-0.2, -0.15) is 9.97 Å². The van der Waals surface area contributed by atoms with E-state index < -0.39 is 0 Å². The first-order valence-corrected chi connectivity index (χ1v) is 6.95. The number of aromatic amines is 1. The van der Waals surface area contributed by atoms with Crippen molar-refractivity contribution in [1.82, 2.24) is 15.0 Å². The van der Waals surface area contributed by atoms with Crippen molar-refractivity contribution in [1.29, 1.82) is 0 Å². The van der Waals surface area contributed by atoms with E-state index in [1.54, 1.807) is 6.20 Å². The number of hydrogen-bond acceptors (Lipinski definition) is 3. The van der Waals surface area contributed by atoms with Crippen molar-refractivity contribution in [3.05, 3.63) is 17.5 Å². The third-order valence-corrected chi connectivity index (χ3v) is 4.36. The van der Waals surface area contributed by atoms with E-state index in [0.717, 1.165) is 31.1 Å². The molecule has 2 aromatic rings. The number of carbonyl (C=O) groups is 1. The van der Waals surface area contributed by atoms with Crippen molar-refractivity contribution < 1.29 is 4.79 Å². The predicted octanol–water partition coefficient (Wildman–Crippen LogP) is 2.52. The van der Waals surface area contributed by atoms with E-state index in [-0.39, 0.29) is 23.2 Å². The van der Waals surface area contributed by atoms with Crippen LogP contribution in [0.4, 0.5) is 5.82 Å². The van der Waals surface area contributed by atoms with Crippen molar-refractivity contribution in [2.24, 2.45) is 5.92 Å². The van der Waals surface area contributed by atoms with Gasteiger partial charge in [-0.15, -0.1) is 0 Å². The molecule has 2 fully saturated rings. The third-order valence-electron chi connectivity index (χ3n) is 4.19. The fraction of sp³-hybridized carbons (Fsp3) is 0.462. The Balaban J connectivity index is 1.90. The highest BCUT2D eigenvalue weighted by atomic mass is 35.5. The van der Waals surface area contributed by atoms with Gasteiger partial charge < -0.3 is 4.98 Å². The van der Waals surface area contributed by atoms with E-state index in [1.807, 2.05) is 11.0 Å². The highest BCUT2D eigenvalue weighted by molar-refractivity contribution is 6.29. The summed E-state index contributed by atoms with van der Waals surface area (Å²) in [6.45, 7) is 0. The van der Waals surface area contributed by atoms with Gasteiger partial charge in [-0.3, -0.25) is 9.69 Å². The zero-order chi connectivity index (χ0) is 13.0. The molecule has 1 aliphatic heterocycles. The van der Waals surface area contributed by atoms with Crippen LogP contribution in [-0.4, -0.2) is 26.9 Å². The molecule has 0 spiro atoms. The summed E-state index contributed by atoms with van der Waals surface area (Å²) in [6.07, 6.45) is 5.92. The summed E-state index contributed by atoms with van der Waals surface area (Å²) in [4.78, 5) is 25.8. The van der Waals surface area contributed by atoms with Crippen molar-refractivity contribution in [2.45, 2.75) is 31.7 Å². The molecule has 2 unspecified atom stereocenters. The Hall–Kier alpha value is -1.62. The first kappa shape index (κ1) is 11.2. The summed E-state index contributed by atoms with van der Waals surface area (Å²) in [7, 11) is 0. The van der Waals surface area contributed by atoms with Gasteiger partial charge in [0, 0.05) is 18.2 Å². The third kappa shape index (κ3) is 1.57. The second kappa shape index (κ2) is 3.93. The molecule has 4 rings (SSSR count). The van der Waals surface area contributed by atoms with E-state index in [2.05, 4.69) is 15.0 Å². The summed E-state index contributed by atoms with van der Waals surface area (Å²) >= 11 is 5.97. The molecule has 5 nitrogen and oxygen atoms in total. The highest BCUT2D eigenvalue weighted by Crippen LogP contribution is 2.40. The molecule has 1 amide bonds. The molecule has 1 N–H and O–H groups in total. The number of anilines is 1. The number of aromatic nitrogens is 3. The maximum atomic E-state index is 12.5. The lowest BCUT2D eigenvalue weighted by Crippen LogP contribution is -2.33. The summed E-state index contributed by atoms with van der Waals surface area (Å²) in [6, 6.07) is 2.17. The molecule has 98 valence electrons. The van der Waals surface area contributed by atoms with Gasteiger partial charge in [0.05, 0.1) is 5.39 Å². The van der Waals surface area contributed by atoms with Gasteiger partial charge in [-0.1, -0.05) is 6.42 Å². The lowest BCUT2D eigenvalue weighted by atomic mass is 9.90. The number of H-pyrrole nitrogens is 1. The molecular formula is C13H13ClN4O. The molecule has 2 aromatic heterocycles. The van der Waals surface area contributed by atoms with Crippen LogP contribution in [0.3, 0.4) is 0 Å². The second-order valence-electron chi connectivity index (χ2n) is 5.28. The molecule has 3 heterocycles. The second-order valence-corrected chi connectivity index (χ2v) is 5.62. The van der Waals surface area contributed by atoms with Crippen LogP contribution in [-0.2, 0) is 4.79 Å². The molecule has 1 saturated carbocycles. The zero-order valence-electron chi connectivity index (χ0n) is 10.3. The number of fused-ring (bicyclic) bond motifs is 3. The van der Waals surface area contributed by atoms with Gasteiger partial charge >= 0.3 is 0 Å². The number of halogens is 1. The van der Waals surface area contributed by atoms with Gasteiger partial charge in [-0.05, 0) is 36.9 Å². The summed E-state index contributed by atoms with van der Waals surface area (Å²) in [5.41, 5.74) is 0.684. The first-order chi connectivity index (χ1) is 9.24. The zero-order valence-corrected chi connectivity index (χ0v) is 11.0. The molecule has 0 aromatic carbocycles. The van der Waals surface area contributed by atoms with Crippen LogP contribution in [0.5, 0.6) is 0 Å². The van der Waals surface area contributed by atoms with Crippen LogP contribution in [0, 0.1) is 5.92 Å². The van der Waals surface area contributed by atoms with Crippen LogP contribution in [0.25, 0.3) is 11.0 Å². The normalized spacial score (nSPS) is 26.4. The Bertz CT molecular complexity index is 668. The largest absolute Gasteiger partial charge is 0.346 e. The number of rotatable bonds is 1. The van der Waals surface area contributed by atoms with Crippen molar-refractivity contribution in [3.8, 4) is 0 Å². The fourth-order valence-corrected chi connectivity index (χ4v) is 3.52. The topological polar surface area (TPSA) is 61.9 Å². The molecule has 0 radical (unpaired) electrons. The molecule has 6 heteroatoms. The number of amides is 1. The minimum Gasteiger partial charge on any atom is -0.346 e. The Morgan fingerprint density at radius 2 is 2.26 bits per heavy atom. The van der Waals surface area contributed by atoms with Gasteiger partial charge in [0.15, 0.2) is 0 Å². The predicted molar refractivity (Wildman–Crippen MR) is 72.1 cm³/mol. The number of hydrogen-bond donors (Lipinski definition) is 1. The lowest BCUT2D eigenvalue weighted by Gasteiger charge is -2.24. The Kier molecular flexibility index (Phi) is 2.33. The quantitative estimate of drug-likeness (QED) is 0.814. The fourth-order valence-electron chi connectivity index (χ4n) is 3.36. The van der Waals surface area contributed by atoms with Gasteiger partial charge in [-0.25, -0.2) is 0 Å². The minimum atomic E-state index is 0.168. The van der Waals surface area contributed by atoms with Crippen molar-refractivity contribution in [3.63, 3.8) is 0 Å². The van der Waals surface area contributed by atoms with Crippen LogP contribution in [0.2, 0.25) is 5.28 Å². The molecular weight excluding hydrogens is 264 g/mol. The van der Waals surface area contributed by atoms with E-state index in [0.29, 0.717) is 11.5 Å². The van der Waals surface area contributed by atoms with E-state index in [1.165, 1.54) is 0 Å². The number of nitrogens with one attached hydrogen (secondary N) is 1. The summed E-state index contributed by atoms with van der Waals surface area (Å²) in [5.74, 6) is 1.02. The average molecular weight is 277 g/mol. The maximum absolute atomic E-state index is 12.5. The molecule has 1 aliphatic carbocycles. The summed E-state index contributed by atoms with van der Waals surface area (Å²) < 4.78 is 0. The van der Waals surface area contributed by atoms with E-state index in [9.17, 15) is 4.79 Å². The van der Waals surface area contributed by atoms with Crippen molar-refractivity contribution in [2.75, 3.05) is 4.90 Å². The highest BCUT2D eigenvalue weighted by Gasteiger charge is 2.43. The van der Waals surface area contributed by atoms with E-state index >= 15 is 0 Å². The standard InChI is InChI=1S/C13H13ClN4O/c14-13-16-10-9(4-5-15-10)11(17-13)18-8-3-1-2-7(6-8)12(18)19/h4-5,7-8H,1-3,6H2,(H,15,16,17). The summed E-state index contributed by atoms with van der Waals surface area (Å²) in [5, 5.41) is 1.05. The molecule has 2 aliphatic rings. The number of carbonyl (C=O) groups excluding carboxylic acids is 1. The van der Waals surface area contributed by atoms with Crippen LogP contribution in [0.1, 0.15) is 25.7 Å². The maximum Gasteiger partial charge on any atom is 0.231 e. The molecule has 19 heavy (non-hydrogen) atoms. The Morgan fingerprint density at radius 3 is 3.11 bits per heavy atom. The van der Waals surface area contributed by atoms with Crippen LogP contribution in [0.15, 0.2) is 12.3 Å². The van der Waals surface area contributed by atoms with Gasteiger partial charge in [0.2, 0.25) is 11.2 Å². The van der Waals surface area contributed by atoms with Gasteiger partial charge in [0.1, 0.15) is 11.5 Å².